The summed E-state index contributed by atoms with van der Waals surface area (Å²) in [6.07, 6.45) is 0. The summed E-state index contributed by atoms with van der Waals surface area (Å²) in [6, 6.07) is 5.03. The standard InChI is InChI=1S/C9H9BrClNO2/c10-6-1-2-8(11)7(5-6)9(14)12-3-4-13/h1-2,5,13H,3-4H2,(H,12,14). The van der Waals surface area contributed by atoms with E-state index in [2.05, 4.69) is 21.2 Å². The van der Waals surface area contributed by atoms with Gasteiger partial charge in [-0.15, -0.1) is 0 Å². The van der Waals surface area contributed by atoms with Gasteiger partial charge >= 0.3 is 0 Å². The van der Waals surface area contributed by atoms with Gasteiger partial charge in [-0.1, -0.05) is 27.5 Å². The zero-order valence-electron chi connectivity index (χ0n) is 7.26. The predicted molar refractivity (Wildman–Crippen MR) is 58.6 cm³/mol. The van der Waals surface area contributed by atoms with E-state index in [1.165, 1.54) is 0 Å². The van der Waals surface area contributed by atoms with E-state index in [1.54, 1.807) is 18.2 Å². The number of amides is 1. The predicted octanol–water partition coefficient (Wildman–Crippen LogP) is 1.82. The molecule has 1 amide bonds. The fourth-order valence-corrected chi connectivity index (χ4v) is 1.50. The van der Waals surface area contributed by atoms with Crippen LogP contribution in [0.5, 0.6) is 0 Å². The highest BCUT2D eigenvalue weighted by Gasteiger charge is 2.09. The summed E-state index contributed by atoms with van der Waals surface area (Å²) in [7, 11) is 0. The van der Waals surface area contributed by atoms with Gasteiger partial charge in [-0.3, -0.25) is 4.79 Å². The summed E-state index contributed by atoms with van der Waals surface area (Å²) in [6.45, 7) is 0.138. The molecular formula is C9H9BrClNO2. The molecule has 0 bridgehead atoms. The van der Waals surface area contributed by atoms with Crippen molar-refractivity contribution in [2.45, 2.75) is 0 Å². The molecule has 0 aliphatic heterocycles. The minimum absolute atomic E-state index is 0.0860. The highest BCUT2D eigenvalue weighted by atomic mass is 79.9. The summed E-state index contributed by atoms with van der Waals surface area (Å²) in [5.41, 5.74) is 0.398. The Balaban J connectivity index is 2.83. The van der Waals surface area contributed by atoms with Crippen molar-refractivity contribution in [3.8, 4) is 0 Å². The molecule has 0 saturated heterocycles. The van der Waals surface area contributed by atoms with Crippen LogP contribution in [0.1, 0.15) is 10.4 Å². The van der Waals surface area contributed by atoms with Crippen LogP contribution in [0.3, 0.4) is 0 Å². The van der Waals surface area contributed by atoms with Crippen LogP contribution in [0.15, 0.2) is 22.7 Å². The van der Waals surface area contributed by atoms with E-state index in [0.29, 0.717) is 10.6 Å². The maximum atomic E-state index is 11.4. The van der Waals surface area contributed by atoms with E-state index in [-0.39, 0.29) is 19.1 Å². The normalized spacial score (nSPS) is 9.93. The molecule has 3 nitrogen and oxygen atoms in total. The van der Waals surface area contributed by atoms with Crippen molar-refractivity contribution < 1.29 is 9.90 Å². The van der Waals surface area contributed by atoms with Crippen molar-refractivity contribution in [2.75, 3.05) is 13.2 Å². The molecule has 1 aromatic carbocycles. The van der Waals surface area contributed by atoms with E-state index in [4.69, 9.17) is 16.7 Å². The summed E-state index contributed by atoms with van der Waals surface area (Å²) in [5, 5.41) is 11.4. The topological polar surface area (TPSA) is 49.3 Å². The van der Waals surface area contributed by atoms with Gasteiger partial charge in [-0.05, 0) is 18.2 Å². The van der Waals surface area contributed by atoms with Gasteiger partial charge in [-0.25, -0.2) is 0 Å². The minimum Gasteiger partial charge on any atom is -0.395 e. The van der Waals surface area contributed by atoms with Gasteiger partial charge in [0.25, 0.3) is 5.91 Å². The van der Waals surface area contributed by atoms with E-state index in [9.17, 15) is 4.79 Å². The second kappa shape index (κ2) is 5.34. The lowest BCUT2D eigenvalue weighted by Gasteiger charge is -2.05. The van der Waals surface area contributed by atoms with Crippen LogP contribution in [-0.2, 0) is 0 Å². The first kappa shape index (κ1) is 11.5. The quantitative estimate of drug-likeness (QED) is 0.886. The Bertz CT molecular complexity index is 344. The molecule has 76 valence electrons. The third-order valence-corrected chi connectivity index (χ3v) is 2.39. The zero-order valence-corrected chi connectivity index (χ0v) is 9.60. The average Bonchev–Trinajstić information content (AvgIpc) is 2.18. The molecule has 5 heteroatoms. The number of halogens is 2. The third kappa shape index (κ3) is 2.97. The molecule has 0 heterocycles. The van der Waals surface area contributed by atoms with Crippen LogP contribution < -0.4 is 5.32 Å². The van der Waals surface area contributed by atoms with Crippen LogP contribution in [0.4, 0.5) is 0 Å². The van der Waals surface area contributed by atoms with E-state index in [1.807, 2.05) is 0 Å². The first-order valence-electron chi connectivity index (χ1n) is 3.99. The lowest BCUT2D eigenvalue weighted by molar-refractivity contribution is 0.0945. The minimum atomic E-state index is -0.287. The summed E-state index contributed by atoms with van der Waals surface area (Å²) >= 11 is 9.07. The van der Waals surface area contributed by atoms with Gasteiger partial charge in [0.05, 0.1) is 17.2 Å². The molecule has 1 aromatic rings. The molecule has 0 radical (unpaired) electrons. The van der Waals surface area contributed by atoms with Crippen LogP contribution in [0.25, 0.3) is 0 Å². The molecule has 0 aromatic heterocycles. The largest absolute Gasteiger partial charge is 0.395 e. The lowest BCUT2D eigenvalue weighted by Crippen LogP contribution is -2.26. The molecule has 2 N–H and O–H groups in total. The number of benzene rings is 1. The first-order chi connectivity index (χ1) is 6.65. The number of carbonyl (C=O) groups is 1. The average molecular weight is 279 g/mol. The first-order valence-corrected chi connectivity index (χ1v) is 5.16. The SMILES string of the molecule is O=C(NCCO)c1cc(Br)ccc1Cl. The van der Waals surface area contributed by atoms with Gasteiger partial charge in [0.15, 0.2) is 0 Å². The van der Waals surface area contributed by atoms with Gasteiger partial charge in [-0.2, -0.15) is 0 Å². The molecule has 14 heavy (non-hydrogen) atoms. The molecule has 0 atom stereocenters. The highest BCUT2D eigenvalue weighted by molar-refractivity contribution is 9.10. The van der Waals surface area contributed by atoms with Crippen LogP contribution in [0, 0.1) is 0 Å². The van der Waals surface area contributed by atoms with Crippen molar-refractivity contribution in [1.29, 1.82) is 0 Å². The van der Waals surface area contributed by atoms with Crippen LogP contribution in [0.2, 0.25) is 5.02 Å². The maximum Gasteiger partial charge on any atom is 0.252 e. The zero-order chi connectivity index (χ0) is 10.6. The second-order valence-electron chi connectivity index (χ2n) is 2.60. The molecule has 1 rings (SSSR count). The Hall–Kier alpha value is -0.580. The van der Waals surface area contributed by atoms with Gasteiger partial charge < -0.3 is 10.4 Å². The van der Waals surface area contributed by atoms with Crippen molar-refractivity contribution in [3.63, 3.8) is 0 Å². The number of aliphatic hydroxyl groups is 1. The van der Waals surface area contributed by atoms with E-state index < -0.39 is 0 Å². The lowest BCUT2D eigenvalue weighted by atomic mass is 10.2. The summed E-state index contributed by atoms with van der Waals surface area (Å²) < 4.78 is 0.788. The Morgan fingerprint density at radius 3 is 2.93 bits per heavy atom. The molecular weight excluding hydrogens is 269 g/mol. The van der Waals surface area contributed by atoms with Gasteiger partial charge in [0.1, 0.15) is 0 Å². The van der Waals surface area contributed by atoms with Crippen molar-refractivity contribution in [3.05, 3.63) is 33.3 Å². The second-order valence-corrected chi connectivity index (χ2v) is 3.93. The van der Waals surface area contributed by atoms with Crippen molar-refractivity contribution >= 4 is 33.4 Å². The fraction of sp³-hybridized carbons (Fsp3) is 0.222. The number of nitrogens with one attached hydrogen (secondary N) is 1. The van der Waals surface area contributed by atoms with E-state index >= 15 is 0 Å². The number of carbonyl (C=O) groups excluding carboxylic acids is 1. The number of aliphatic hydroxyl groups excluding tert-OH is 1. The fourth-order valence-electron chi connectivity index (χ4n) is 0.936. The van der Waals surface area contributed by atoms with Crippen molar-refractivity contribution in [1.82, 2.24) is 5.32 Å². The third-order valence-electron chi connectivity index (χ3n) is 1.57. The smallest absolute Gasteiger partial charge is 0.252 e. The highest BCUT2D eigenvalue weighted by Crippen LogP contribution is 2.20. The van der Waals surface area contributed by atoms with Gasteiger partial charge in [0, 0.05) is 11.0 Å². The summed E-state index contributed by atoms with van der Waals surface area (Å²) in [5.74, 6) is -0.287. The molecule has 0 spiro atoms. The van der Waals surface area contributed by atoms with E-state index in [0.717, 1.165) is 4.47 Å². The maximum absolute atomic E-state index is 11.4. The number of rotatable bonds is 3. The Labute approximate surface area is 95.2 Å². The molecule has 0 fully saturated rings. The molecule has 0 unspecified atom stereocenters. The Morgan fingerprint density at radius 1 is 1.57 bits per heavy atom. The Morgan fingerprint density at radius 2 is 2.29 bits per heavy atom. The van der Waals surface area contributed by atoms with Gasteiger partial charge in [0.2, 0.25) is 0 Å². The molecule has 0 aliphatic carbocycles. The summed E-state index contributed by atoms with van der Waals surface area (Å²) in [4.78, 5) is 11.4. The number of hydrogen-bond acceptors (Lipinski definition) is 2. The monoisotopic (exact) mass is 277 g/mol. The Kier molecular flexibility index (Phi) is 4.38. The molecule has 0 saturated carbocycles. The molecule has 0 aliphatic rings. The van der Waals surface area contributed by atoms with Crippen molar-refractivity contribution in [2.24, 2.45) is 0 Å². The van der Waals surface area contributed by atoms with Crippen LogP contribution in [-0.4, -0.2) is 24.2 Å². The van der Waals surface area contributed by atoms with Crippen LogP contribution >= 0.6 is 27.5 Å². The number of hydrogen-bond donors (Lipinski definition) is 2.